The molecule has 2 heteroatoms. The van der Waals surface area contributed by atoms with Gasteiger partial charge in [-0.1, -0.05) is 176 Å². The summed E-state index contributed by atoms with van der Waals surface area (Å²) in [5.74, 6) is 0. The van der Waals surface area contributed by atoms with E-state index in [1.165, 1.54) is 60.4 Å². The highest BCUT2D eigenvalue weighted by atomic mass is 15.2. The molecule has 0 spiro atoms. The molecule has 0 amide bonds. The summed E-state index contributed by atoms with van der Waals surface area (Å²) >= 11 is 0. The molecule has 9 aromatic carbocycles. The lowest BCUT2D eigenvalue weighted by atomic mass is 9.96. The highest BCUT2D eigenvalue weighted by molar-refractivity contribution is 6.18. The molecule has 0 saturated carbocycles. The monoisotopic (exact) mass is 688 g/mol. The van der Waals surface area contributed by atoms with E-state index >= 15 is 0 Å². The number of benzene rings is 9. The quantitative estimate of drug-likeness (QED) is 0.162. The van der Waals surface area contributed by atoms with Crippen LogP contribution in [0.1, 0.15) is 0 Å². The number of para-hydroxylation sites is 2. The average molecular weight is 689 g/mol. The fraction of sp³-hybridized carbons (Fsp3) is 0. The van der Waals surface area contributed by atoms with Crippen LogP contribution in [0.15, 0.2) is 218 Å². The summed E-state index contributed by atoms with van der Waals surface area (Å²) in [6, 6.07) is 78.9. The molecule has 54 heavy (non-hydrogen) atoms. The van der Waals surface area contributed by atoms with E-state index in [-0.39, 0.29) is 0 Å². The fourth-order valence-electron chi connectivity index (χ4n) is 8.15. The SMILES string of the molecule is c1ccc(-c2ccc(-n3c4ccccc4c4c(N(c5ccccc5)c5c(-c6ccccc6)ccc6ccccc56)cccc43)c(-c3ccccc3)c2)cc1. The average Bonchev–Trinajstić information content (AvgIpc) is 3.60. The Labute approximate surface area is 315 Å². The first kappa shape index (κ1) is 31.6. The standard InChI is InChI=1S/C52H36N2/c1-5-18-37(19-6-1)41-33-35-48(46(36-41)39-22-9-3-10-23-39)54-47-29-16-15-28-45(47)51-49(30-17-31-50(51)54)53(42-25-11-4-12-26-42)52-43-27-14-13-24-40(43)32-34-44(52)38-20-7-2-8-21-38/h1-36H. The first-order chi connectivity index (χ1) is 26.8. The molecule has 254 valence electrons. The summed E-state index contributed by atoms with van der Waals surface area (Å²) in [6.45, 7) is 0. The molecule has 0 aliphatic heterocycles. The van der Waals surface area contributed by atoms with E-state index in [9.17, 15) is 0 Å². The van der Waals surface area contributed by atoms with Crippen molar-refractivity contribution in [2.24, 2.45) is 0 Å². The van der Waals surface area contributed by atoms with Gasteiger partial charge in [-0.15, -0.1) is 0 Å². The smallest absolute Gasteiger partial charge is 0.0618 e. The van der Waals surface area contributed by atoms with Gasteiger partial charge < -0.3 is 9.47 Å². The van der Waals surface area contributed by atoms with Crippen molar-refractivity contribution in [1.82, 2.24) is 4.57 Å². The minimum Gasteiger partial charge on any atom is -0.309 e. The molecule has 0 N–H and O–H groups in total. The normalized spacial score (nSPS) is 11.3. The Bertz CT molecular complexity index is 2910. The van der Waals surface area contributed by atoms with Gasteiger partial charge in [0.25, 0.3) is 0 Å². The number of nitrogens with zero attached hydrogens (tertiary/aromatic N) is 2. The maximum Gasteiger partial charge on any atom is 0.0618 e. The second-order valence-corrected chi connectivity index (χ2v) is 13.7. The number of hydrogen-bond donors (Lipinski definition) is 0. The van der Waals surface area contributed by atoms with Gasteiger partial charge in [0.15, 0.2) is 0 Å². The van der Waals surface area contributed by atoms with Crippen molar-refractivity contribution in [1.29, 1.82) is 0 Å². The van der Waals surface area contributed by atoms with Crippen molar-refractivity contribution in [3.63, 3.8) is 0 Å². The maximum atomic E-state index is 2.49. The van der Waals surface area contributed by atoms with Gasteiger partial charge in [0.2, 0.25) is 0 Å². The van der Waals surface area contributed by atoms with Crippen molar-refractivity contribution in [3.05, 3.63) is 218 Å². The Hall–Kier alpha value is -7.16. The molecule has 2 nitrogen and oxygen atoms in total. The molecular weight excluding hydrogens is 653 g/mol. The molecule has 0 atom stereocenters. The van der Waals surface area contributed by atoms with Crippen LogP contribution in [-0.2, 0) is 0 Å². The second-order valence-electron chi connectivity index (χ2n) is 13.7. The fourth-order valence-corrected chi connectivity index (χ4v) is 8.15. The van der Waals surface area contributed by atoms with Crippen LogP contribution in [0, 0.1) is 0 Å². The van der Waals surface area contributed by atoms with Crippen LogP contribution >= 0.6 is 0 Å². The van der Waals surface area contributed by atoms with Crippen molar-refractivity contribution in [2.75, 3.05) is 4.90 Å². The third-order valence-electron chi connectivity index (χ3n) is 10.6. The highest BCUT2D eigenvalue weighted by Gasteiger charge is 2.25. The van der Waals surface area contributed by atoms with Gasteiger partial charge in [-0.05, 0) is 70.1 Å². The Morgan fingerprint density at radius 3 is 1.65 bits per heavy atom. The first-order valence-corrected chi connectivity index (χ1v) is 18.5. The topological polar surface area (TPSA) is 8.17 Å². The zero-order valence-corrected chi connectivity index (χ0v) is 29.7. The summed E-state index contributed by atoms with van der Waals surface area (Å²) in [5, 5.41) is 4.81. The molecule has 0 bridgehead atoms. The molecule has 0 unspecified atom stereocenters. The van der Waals surface area contributed by atoms with Gasteiger partial charge in [0.05, 0.1) is 28.1 Å². The van der Waals surface area contributed by atoms with Crippen LogP contribution in [0.5, 0.6) is 0 Å². The third-order valence-corrected chi connectivity index (χ3v) is 10.6. The molecule has 0 aliphatic rings. The molecule has 0 aliphatic carbocycles. The second kappa shape index (κ2) is 13.4. The molecular formula is C52H36N2. The molecule has 1 aromatic heterocycles. The van der Waals surface area contributed by atoms with Crippen molar-refractivity contribution < 1.29 is 0 Å². The van der Waals surface area contributed by atoms with Crippen LogP contribution < -0.4 is 4.90 Å². The largest absolute Gasteiger partial charge is 0.309 e. The third kappa shape index (κ3) is 5.36. The molecule has 10 rings (SSSR count). The summed E-state index contributed by atoms with van der Waals surface area (Å²) < 4.78 is 2.47. The predicted molar refractivity (Wildman–Crippen MR) is 229 cm³/mol. The highest BCUT2D eigenvalue weighted by Crippen LogP contribution is 2.49. The maximum absolute atomic E-state index is 2.49. The summed E-state index contributed by atoms with van der Waals surface area (Å²) in [4.78, 5) is 2.49. The Morgan fingerprint density at radius 2 is 0.926 bits per heavy atom. The molecule has 0 saturated heterocycles. The lowest BCUT2D eigenvalue weighted by Gasteiger charge is -2.30. The molecule has 10 aromatic rings. The van der Waals surface area contributed by atoms with E-state index in [1.54, 1.807) is 0 Å². The first-order valence-electron chi connectivity index (χ1n) is 18.5. The van der Waals surface area contributed by atoms with Crippen LogP contribution in [-0.4, -0.2) is 4.57 Å². The van der Waals surface area contributed by atoms with Crippen LogP contribution in [0.4, 0.5) is 17.1 Å². The van der Waals surface area contributed by atoms with E-state index in [0.717, 1.165) is 28.3 Å². The van der Waals surface area contributed by atoms with Crippen molar-refractivity contribution >= 4 is 49.6 Å². The van der Waals surface area contributed by atoms with Gasteiger partial charge in [-0.2, -0.15) is 0 Å². The molecule has 0 radical (unpaired) electrons. The zero-order chi connectivity index (χ0) is 35.8. The lowest BCUT2D eigenvalue weighted by Crippen LogP contribution is -2.12. The van der Waals surface area contributed by atoms with Gasteiger partial charge in [0, 0.05) is 33.0 Å². The van der Waals surface area contributed by atoms with Crippen LogP contribution in [0.2, 0.25) is 0 Å². The Kier molecular flexibility index (Phi) is 7.85. The van der Waals surface area contributed by atoms with E-state index in [0.29, 0.717) is 0 Å². The van der Waals surface area contributed by atoms with Gasteiger partial charge in [-0.25, -0.2) is 0 Å². The molecule has 1 heterocycles. The Morgan fingerprint density at radius 1 is 0.352 bits per heavy atom. The van der Waals surface area contributed by atoms with E-state index in [1.807, 2.05) is 0 Å². The van der Waals surface area contributed by atoms with Gasteiger partial charge in [-0.3, -0.25) is 0 Å². The van der Waals surface area contributed by atoms with Crippen molar-refractivity contribution in [3.8, 4) is 39.1 Å². The van der Waals surface area contributed by atoms with E-state index in [4.69, 9.17) is 0 Å². The predicted octanol–water partition coefficient (Wildman–Crippen LogP) is 14.4. The van der Waals surface area contributed by atoms with Gasteiger partial charge in [0.1, 0.15) is 0 Å². The van der Waals surface area contributed by atoms with Crippen LogP contribution in [0.25, 0.3) is 71.6 Å². The minimum absolute atomic E-state index is 1.10. The van der Waals surface area contributed by atoms with Crippen LogP contribution in [0.3, 0.4) is 0 Å². The van der Waals surface area contributed by atoms with E-state index < -0.39 is 0 Å². The number of rotatable bonds is 7. The minimum atomic E-state index is 1.10. The Balaban J connectivity index is 1.30. The number of hydrogen-bond acceptors (Lipinski definition) is 1. The molecule has 0 fully saturated rings. The number of anilines is 3. The summed E-state index contributed by atoms with van der Waals surface area (Å²) in [7, 11) is 0. The summed E-state index contributed by atoms with van der Waals surface area (Å²) in [6.07, 6.45) is 0. The lowest BCUT2D eigenvalue weighted by molar-refractivity contribution is 1.18. The number of fused-ring (bicyclic) bond motifs is 4. The van der Waals surface area contributed by atoms with Crippen molar-refractivity contribution in [2.45, 2.75) is 0 Å². The summed E-state index contributed by atoms with van der Waals surface area (Å²) in [5.41, 5.74) is 14.0. The number of aromatic nitrogens is 1. The van der Waals surface area contributed by atoms with Gasteiger partial charge >= 0.3 is 0 Å². The van der Waals surface area contributed by atoms with E-state index in [2.05, 4.69) is 228 Å². The zero-order valence-electron chi connectivity index (χ0n) is 29.7.